The van der Waals surface area contributed by atoms with E-state index in [0.29, 0.717) is 0 Å². The fourth-order valence-corrected chi connectivity index (χ4v) is 1.44. The number of ether oxygens (including phenoxy) is 1. The third-order valence-corrected chi connectivity index (χ3v) is 2.06. The van der Waals surface area contributed by atoms with Crippen LogP contribution in [0.1, 0.15) is 5.56 Å². The van der Waals surface area contributed by atoms with Crippen molar-refractivity contribution in [1.29, 1.82) is 0 Å². The molecule has 4 nitrogen and oxygen atoms in total. The Labute approximate surface area is 77.3 Å². The van der Waals surface area contributed by atoms with Crippen LogP contribution in [0.3, 0.4) is 0 Å². The highest BCUT2D eigenvalue weighted by atomic mass is 16.5. The molecule has 2 heterocycles. The lowest BCUT2D eigenvalue weighted by Gasteiger charge is -2.07. The summed E-state index contributed by atoms with van der Waals surface area (Å²) in [5.74, 6) is 1.90. The molecular formula is C9H13N3O. The van der Waals surface area contributed by atoms with Gasteiger partial charge in [-0.2, -0.15) is 0 Å². The van der Waals surface area contributed by atoms with Gasteiger partial charge in [-0.05, 0) is 13.1 Å². The highest BCUT2D eigenvalue weighted by Crippen LogP contribution is 2.29. The molecule has 0 fully saturated rings. The van der Waals surface area contributed by atoms with E-state index in [0.717, 1.165) is 31.3 Å². The molecule has 2 rings (SSSR count). The van der Waals surface area contributed by atoms with Crippen LogP contribution in [0, 0.1) is 0 Å². The number of aromatic nitrogens is 1. The van der Waals surface area contributed by atoms with Gasteiger partial charge in [0.25, 0.3) is 0 Å². The zero-order chi connectivity index (χ0) is 9.10. The Morgan fingerprint density at radius 1 is 1.62 bits per heavy atom. The standard InChI is InChI=1S/C9H13N3O/c1-10-6-12-9-7-3-5-13-8(7)2-4-11-9/h2,4,10H,3,5-6H2,1H3,(H,11,12). The van der Waals surface area contributed by atoms with Crippen molar-refractivity contribution in [2.24, 2.45) is 0 Å². The van der Waals surface area contributed by atoms with Crippen LogP contribution in [0.5, 0.6) is 5.75 Å². The fourth-order valence-electron chi connectivity index (χ4n) is 1.44. The Morgan fingerprint density at radius 2 is 2.54 bits per heavy atom. The quantitative estimate of drug-likeness (QED) is 0.667. The largest absolute Gasteiger partial charge is 0.493 e. The van der Waals surface area contributed by atoms with Gasteiger partial charge < -0.3 is 15.4 Å². The Bertz CT molecular complexity index is 301. The van der Waals surface area contributed by atoms with Crippen LogP contribution in [0.4, 0.5) is 5.82 Å². The maximum absolute atomic E-state index is 5.42. The van der Waals surface area contributed by atoms with Crippen LogP contribution in [0.2, 0.25) is 0 Å². The summed E-state index contributed by atoms with van der Waals surface area (Å²) < 4.78 is 5.42. The monoisotopic (exact) mass is 179 g/mol. The molecule has 4 heteroatoms. The number of rotatable bonds is 3. The summed E-state index contributed by atoms with van der Waals surface area (Å²) in [6.45, 7) is 1.50. The van der Waals surface area contributed by atoms with Gasteiger partial charge in [0.2, 0.25) is 0 Å². The van der Waals surface area contributed by atoms with E-state index in [2.05, 4.69) is 15.6 Å². The second kappa shape index (κ2) is 3.62. The highest BCUT2D eigenvalue weighted by molar-refractivity contribution is 5.53. The average Bonchev–Trinajstić information content (AvgIpc) is 2.62. The van der Waals surface area contributed by atoms with E-state index in [9.17, 15) is 0 Å². The number of fused-ring (bicyclic) bond motifs is 1. The first kappa shape index (κ1) is 8.31. The summed E-state index contributed by atoms with van der Waals surface area (Å²) in [6, 6.07) is 1.91. The highest BCUT2D eigenvalue weighted by Gasteiger charge is 2.15. The minimum absolute atomic E-state index is 0.726. The Kier molecular flexibility index (Phi) is 2.31. The summed E-state index contributed by atoms with van der Waals surface area (Å²) in [6.07, 6.45) is 2.72. The van der Waals surface area contributed by atoms with E-state index in [1.807, 2.05) is 13.1 Å². The first-order chi connectivity index (χ1) is 6.42. The summed E-state index contributed by atoms with van der Waals surface area (Å²) >= 11 is 0. The minimum atomic E-state index is 0.726. The zero-order valence-corrected chi connectivity index (χ0v) is 7.63. The Balaban J connectivity index is 2.20. The van der Waals surface area contributed by atoms with Gasteiger partial charge in [-0.15, -0.1) is 0 Å². The molecule has 0 saturated heterocycles. The number of anilines is 1. The smallest absolute Gasteiger partial charge is 0.133 e. The third-order valence-electron chi connectivity index (χ3n) is 2.06. The second-order valence-corrected chi connectivity index (χ2v) is 2.94. The van der Waals surface area contributed by atoms with Crippen molar-refractivity contribution >= 4 is 5.82 Å². The van der Waals surface area contributed by atoms with Gasteiger partial charge >= 0.3 is 0 Å². The molecule has 0 atom stereocenters. The minimum Gasteiger partial charge on any atom is -0.493 e. The topological polar surface area (TPSA) is 46.2 Å². The van der Waals surface area contributed by atoms with Crippen LogP contribution >= 0.6 is 0 Å². The summed E-state index contributed by atoms with van der Waals surface area (Å²) in [5.41, 5.74) is 1.19. The maximum atomic E-state index is 5.42. The van der Waals surface area contributed by atoms with Gasteiger partial charge in [0.1, 0.15) is 11.6 Å². The van der Waals surface area contributed by atoms with Gasteiger partial charge in [0, 0.05) is 18.2 Å². The molecule has 0 saturated carbocycles. The first-order valence-corrected chi connectivity index (χ1v) is 4.41. The van der Waals surface area contributed by atoms with Crippen LogP contribution in [0.25, 0.3) is 0 Å². The number of pyridine rings is 1. The SMILES string of the molecule is CNCNc1nccc2c1CCO2. The molecule has 0 bridgehead atoms. The molecule has 0 amide bonds. The lowest BCUT2D eigenvalue weighted by molar-refractivity contribution is 0.356. The van der Waals surface area contributed by atoms with Crippen LogP contribution < -0.4 is 15.4 Å². The first-order valence-electron chi connectivity index (χ1n) is 4.41. The van der Waals surface area contributed by atoms with E-state index in [1.54, 1.807) is 6.20 Å². The average molecular weight is 179 g/mol. The van der Waals surface area contributed by atoms with Gasteiger partial charge in [-0.3, -0.25) is 0 Å². The van der Waals surface area contributed by atoms with E-state index in [-0.39, 0.29) is 0 Å². The molecule has 1 aromatic rings. The molecule has 0 spiro atoms. The van der Waals surface area contributed by atoms with Gasteiger partial charge in [-0.25, -0.2) is 4.98 Å². The molecule has 0 aliphatic carbocycles. The molecular weight excluding hydrogens is 166 g/mol. The van der Waals surface area contributed by atoms with Crippen LogP contribution in [-0.2, 0) is 6.42 Å². The Hall–Kier alpha value is -1.29. The summed E-state index contributed by atoms with van der Waals surface area (Å²) in [7, 11) is 1.90. The summed E-state index contributed by atoms with van der Waals surface area (Å²) in [5, 5.41) is 6.21. The predicted molar refractivity (Wildman–Crippen MR) is 51.0 cm³/mol. The molecule has 70 valence electrons. The third kappa shape index (κ3) is 1.58. The predicted octanol–water partition coefficient (Wildman–Crippen LogP) is 0.605. The Morgan fingerprint density at radius 3 is 3.38 bits per heavy atom. The van der Waals surface area contributed by atoms with Crippen molar-refractivity contribution in [2.45, 2.75) is 6.42 Å². The molecule has 13 heavy (non-hydrogen) atoms. The number of nitrogens with zero attached hydrogens (tertiary/aromatic N) is 1. The molecule has 0 aromatic carbocycles. The normalized spacial score (nSPS) is 13.6. The van der Waals surface area contributed by atoms with E-state index < -0.39 is 0 Å². The van der Waals surface area contributed by atoms with Crippen molar-refractivity contribution in [1.82, 2.24) is 10.3 Å². The van der Waals surface area contributed by atoms with E-state index in [1.165, 1.54) is 5.56 Å². The number of hydrogen-bond donors (Lipinski definition) is 2. The van der Waals surface area contributed by atoms with Crippen molar-refractivity contribution in [2.75, 3.05) is 25.6 Å². The van der Waals surface area contributed by atoms with Gasteiger partial charge in [0.05, 0.1) is 13.3 Å². The zero-order valence-electron chi connectivity index (χ0n) is 7.63. The molecule has 1 aliphatic heterocycles. The number of hydrogen-bond acceptors (Lipinski definition) is 4. The van der Waals surface area contributed by atoms with E-state index >= 15 is 0 Å². The van der Waals surface area contributed by atoms with Crippen molar-refractivity contribution in [3.8, 4) is 5.75 Å². The number of nitrogens with one attached hydrogen (secondary N) is 2. The lowest BCUT2D eigenvalue weighted by Crippen LogP contribution is -2.18. The molecule has 1 aromatic heterocycles. The maximum Gasteiger partial charge on any atom is 0.133 e. The molecule has 2 N–H and O–H groups in total. The van der Waals surface area contributed by atoms with Gasteiger partial charge in [0.15, 0.2) is 0 Å². The van der Waals surface area contributed by atoms with Crippen molar-refractivity contribution in [3.05, 3.63) is 17.8 Å². The fraction of sp³-hybridized carbons (Fsp3) is 0.444. The molecule has 0 unspecified atom stereocenters. The van der Waals surface area contributed by atoms with Crippen LogP contribution in [0.15, 0.2) is 12.3 Å². The molecule has 1 aliphatic rings. The van der Waals surface area contributed by atoms with Crippen LogP contribution in [-0.4, -0.2) is 25.3 Å². The van der Waals surface area contributed by atoms with Crippen molar-refractivity contribution < 1.29 is 4.74 Å². The lowest BCUT2D eigenvalue weighted by atomic mass is 10.2. The van der Waals surface area contributed by atoms with E-state index in [4.69, 9.17) is 4.74 Å². The van der Waals surface area contributed by atoms with Gasteiger partial charge in [-0.1, -0.05) is 0 Å². The second-order valence-electron chi connectivity index (χ2n) is 2.94. The van der Waals surface area contributed by atoms with Crippen molar-refractivity contribution in [3.63, 3.8) is 0 Å². The molecule has 0 radical (unpaired) electrons. The summed E-state index contributed by atoms with van der Waals surface area (Å²) in [4.78, 5) is 4.26.